The molecule has 2 rings (SSSR count). The predicted octanol–water partition coefficient (Wildman–Crippen LogP) is 3.99. The van der Waals surface area contributed by atoms with E-state index in [2.05, 4.69) is 4.98 Å². The molecule has 0 aliphatic carbocycles. The monoisotopic (exact) mass is 254 g/mol. The largest absolute Gasteiger partial charge is 0.398 e. The Morgan fingerprint density at radius 2 is 1.88 bits per heavy atom. The van der Waals surface area contributed by atoms with Gasteiger partial charge in [0.25, 0.3) is 0 Å². The molecular weight excluding hydrogens is 243 g/mol. The van der Waals surface area contributed by atoms with E-state index in [-0.39, 0.29) is 0 Å². The first-order valence-corrected chi connectivity index (χ1v) is 5.84. The molecule has 2 aromatic rings. The maximum absolute atomic E-state index is 6.12. The van der Waals surface area contributed by atoms with E-state index < -0.39 is 0 Å². The highest BCUT2D eigenvalue weighted by molar-refractivity contribution is 6.40. The summed E-state index contributed by atoms with van der Waals surface area (Å²) in [5.74, 6) is 0. The number of fused-ring (bicyclic) bond motifs is 1. The van der Waals surface area contributed by atoms with E-state index >= 15 is 0 Å². The topological polar surface area (TPSA) is 38.9 Å². The molecule has 4 heteroatoms. The van der Waals surface area contributed by atoms with E-state index in [1.807, 2.05) is 13.8 Å². The molecule has 0 bridgehead atoms. The van der Waals surface area contributed by atoms with Gasteiger partial charge in [-0.25, -0.2) is 0 Å². The molecule has 0 amide bonds. The van der Waals surface area contributed by atoms with E-state index in [1.165, 1.54) is 0 Å². The zero-order valence-electron chi connectivity index (χ0n) is 9.14. The van der Waals surface area contributed by atoms with E-state index in [0.717, 1.165) is 23.1 Å². The lowest BCUT2D eigenvalue weighted by Crippen LogP contribution is -2.00. The van der Waals surface area contributed by atoms with Crippen LogP contribution in [0.4, 0.5) is 5.69 Å². The molecule has 0 saturated heterocycles. The average molecular weight is 255 g/mol. The van der Waals surface area contributed by atoms with Crippen LogP contribution in [-0.4, -0.2) is 4.98 Å². The number of hydrogen-bond acceptors (Lipinski definition) is 2. The third kappa shape index (κ3) is 1.62. The molecule has 0 aliphatic heterocycles. The van der Waals surface area contributed by atoms with Crippen molar-refractivity contribution in [3.05, 3.63) is 33.4 Å². The van der Waals surface area contributed by atoms with Crippen molar-refractivity contribution in [1.29, 1.82) is 0 Å². The Morgan fingerprint density at radius 1 is 1.25 bits per heavy atom. The average Bonchev–Trinajstić information content (AvgIpc) is 2.27. The SMILES string of the molecule is CCc1nc2c(Cl)ccc(Cl)c2c(N)c1C. The van der Waals surface area contributed by atoms with Crippen molar-refractivity contribution in [2.75, 3.05) is 5.73 Å². The number of hydrogen-bond donors (Lipinski definition) is 1. The van der Waals surface area contributed by atoms with Gasteiger partial charge in [-0.1, -0.05) is 30.1 Å². The maximum atomic E-state index is 6.12. The Kier molecular flexibility index (Phi) is 2.96. The minimum atomic E-state index is 0.584. The highest BCUT2D eigenvalue weighted by atomic mass is 35.5. The molecule has 0 unspecified atom stereocenters. The fourth-order valence-electron chi connectivity index (χ4n) is 1.81. The smallest absolute Gasteiger partial charge is 0.0927 e. The van der Waals surface area contributed by atoms with Crippen LogP contribution in [0, 0.1) is 6.92 Å². The molecular formula is C12H12Cl2N2. The first kappa shape index (κ1) is 11.5. The predicted molar refractivity (Wildman–Crippen MR) is 70.3 cm³/mol. The number of nitrogens with zero attached hydrogens (tertiary/aromatic N) is 1. The standard InChI is InChI=1S/C12H12Cl2N2/c1-3-9-6(2)11(15)10-7(13)4-5-8(14)12(10)16-9/h4-5H,3H2,1-2H3,(H2,15,16). The summed E-state index contributed by atoms with van der Waals surface area (Å²) in [7, 11) is 0. The van der Waals surface area contributed by atoms with Gasteiger partial charge in [0, 0.05) is 16.8 Å². The lowest BCUT2D eigenvalue weighted by molar-refractivity contribution is 1.03. The Labute approximate surface area is 104 Å². The van der Waals surface area contributed by atoms with Crippen LogP contribution < -0.4 is 5.73 Å². The molecule has 16 heavy (non-hydrogen) atoms. The van der Waals surface area contributed by atoms with E-state index in [0.29, 0.717) is 21.2 Å². The number of aromatic nitrogens is 1. The van der Waals surface area contributed by atoms with Gasteiger partial charge in [0.15, 0.2) is 0 Å². The maximum Gasteiger partial charge on any atom is 0.0927 e. The zero-order chi connectivity index (χ0) is 11.9. The number of rotatable bonds is 1. The van der Waals surface area contributed by atoms with Crippen molar-refractivity contribution >= 4 is 39.8 Å². The van der Waals surface area contributed by atoms with Crippen LogP contribution in [0.25, 0.3) is 10.9 Å². The Balaban J connectivity index is 2.97. The van der Waals surface area contributed by atoms with Crippen LogP contribution in [0.2, 0.25) is 10.0 Å². The fourth-order valence-corrected chi connectivity index (χ4v) is 2.27. The first-order chi connectivity index (χ1) is 7.56. The third-order valence-electron chi connectivity index (χ3n) is 2.77. The third-order valence-corrected chi connectivity index (χ3v) is 3.39. The molecule has 0 fully saturated rings. The molecule has 0 spiro atoms. The normalized spacial score (nSPS) is 11.0. The van der Waals surface area contributed by atoms with Crippen molar-refractivity contribution in [3.63, 3.8) is 0 Å². The second-order valence-corrected chi connectivity index (χ2v) is 4.52. The fraction of sp³-hybridized carbons (Fsp3) is 0.250. The van der Waals surface area contributed by atoms with Crippen LogP contribution in [0.3, 0.4) is 0 Å². The van der Waals surface area contributed by atoms with Gasteiger partial charge in [-0.05, 0) is 31.0 Å². The second kappa shape index (κ2) is 4.11. The summed E-state index contributed by atoms with van der Waals surface area (Å²) in [4.78, 5) is 4.52. The highest BCUT2D eigenvalue weighted by Crippen LogP contribution is 2.35. The number of benzene rings is 1. The Hall–Kier alpha value is -0.990. The number of anilines is 1. The summed E-state index contributed by atoms with van der Waals surface area (Å²) in [5, 5.41) is 1.93. The molecule has 0 radical (unpaired) electrons. The lowest BCUT2D eigenvalue weighted by atomic mass is 10.1. The molecule has 1 aromatic carbocycles. The zero-order valence-corrected chi connectivity index (χ0v) is 10.7. The molecule has 1 aromatic heterocycles. The number of pyridine rings is 1. The van der Waals surface area contributed by atoms with Gasteiger partial charge in [0.05, 0.1) is 15.6 Å². The highest BCUT2D eigenvalue weighted by Gasteiger charge is 2.13. The molecule has 0 aliphatic rings. The van der Waals surface area contributed by atoms with Crippen molar-refractivity contribution in [2.45, 2.75) is 20.3 Å². The minimum Gasteiger partial charge on any atom is -0.398 e. The number of nitrogen functional groups attached to an aromatic ring is 1. The van der Waals surface area contributed by atoms with Crippen molar-refractivity contribution in [2.24, 2.45) is 0 Å². The van der Waals surface area contributed by atoms with E-state index in [9.17, 15) is 0 Å². The molecule has 1 heterocycles. The summed E-state index contributed by atoms with van der Waals surface area (Å²) in [6, 6.07) is 3.49. The molecule has 2 N–H and O–H groups in total. The molecule has 0 saturated carbocycles. The van der Waals surface area contributed by atoms with Crippen molar-refractivity contribution in [3.8, 4) is 0 Å². The second-order valence-electron chi connectivity index (χ2n) is 3.70. The van der Waals surface area contributed by atoms with Gasteiger partial charge in [-0.2, -0.15) is 0 Å². The van der Waals surface area contributed by atoms with Crippen molar-refractivity contribution in [1.82, 2.24) is 4.98 Å². The first-order valence-electron chi connectivity index (χ1n) is 5.09. The Bertz CT molecular complexity index is 565. The summed E-state index contributed by atoms with van der Waals surface area (Å²) in [5.41, 5.74) is 9.40. The van der Waals surface area contributed by atoms with Crippen LogP contribution in [0.1, 0.15) is 18.2 Å². The molecule has 0 atom stereocenters. The van der Waals surface area contributed by atoms with Gasteiger partial charge >= 0.3 is 0 Å². The minimum absolute atomic E-state index is 0.584. The quantitative estimate of drug-likeness (QED) is 0.836. The van der Waals surface area contributed by atoms with Gasteiger partial charge in [-0.3, -0.25) is 4.98 Å². The lowest BCUT2D eigenvalue weighted by Gasteiger charge is -2.12. The number of nitrogens with two attached hydrogens (primary N) is 1. The van der Waals surface area contributed by atoms with Gasteiger partial charge in [0.2, 0.25) is 0 Å². The van der Waals surface area contributed by atoms with Crippen LogP contribution in [0.15, 0.2) is 12.1 Å². The van der Waals surface area contributed by atoms with Crippen LogP contribution in [-0.2, 0) is 6.42 Å². The summed E-state index contributed by atoms with van der Waals surface area (Å²) >= 11 is 12.2. The summed E-state index contributed by atoms with van der Waals surface area (Å²) < 4.78 is 0. The van der Waals surface area contributed by atoms with Crippen molar-refractivity contribution < 1.29 is 0 Å². The van der Waals surface area contributed by atoms with Gasteiger partial charge in [0.1, 0.15) is 0 Å². The van der Waals surface area contributed by atoms with Crippen LogP contribution in [0.5, 0.6) is 0 Å². The number of aryl methyl sites for hydroxylation is 1. The Morgan fingerprint density at radius 3 is 2.50 bits per heavy atom. The number of halogens is 2. The van der Waals surface area contributed by atoms with E-state index in [1.54, 1.807) is 12.1 Å². The molecule has 2 nitrogen and oxygen atoms in total. The van der Waals surface area contributed by atoms with Gasteiger partial charge in [-0.15, -0.1) is 0 Å². The summed E-state index contributed by atoms with van der Waals surface area (Å²) in [6.45, 7) is 4.00. The van der Waals surface area contributed by atoms with E-state index in [4.69, 9.17) is 28.9 Å². The van der Waals surface area contributed by atoms with Crippen LogP contribution >= 0.6 is 23.2 Å². The molecule has 84 valence electrons. The summed E-state index contributed by atoms with van der Waals surface area (Å²) in [6.07, 6.45) is 0.828. The van der Waals surface area contributed by atoms with Gasteiger partial charge < -0.3 is 5.73 Å².